The predicted molar refractivity (Wildman–Crippen MR) is 134 cm³/mol. The summed E-state index contributed by atoms with van der Waals surface area (Å²) in [5.41, 5.74) is 5.91. The average Bonchev–Trinajstić information content (AvgIpc) is 3.52. The van der Waals surface area contributed by atoms with Crippen molar-refractivity contribution in [3.63, 3.8) is 0 Å². The van der Waals surface area contributed by atoms with Gasteiger partial charge >= 0.3 is 14.0 Å². The average molecular weight is 582 g/mol. The molecular formula is C23H25ClN5O9P. The number of benzene rings is 1. The zero-order valence-corrected chi connectivity index (χ0v) is 22.5. The quantitative estimate of drug-likeness (QED) is 0.314. The van der Waals surface area contributed by atoms with Crippen LogP contribution in [0.5, 0.6) is 5.88 Å². The van der Waals surface area contributed by atoms with Crippen LogP contribution < -0.4 is 10.5 Å². The molecule has 0 amide bonds. The normalized spacial score (nSPS) is 32.1. The van der Waals surface area contributed by atoms with E-state index in [1.807, 2.05) is 6.07 Å². The van der Waals surface area contributed by atoms with E-state index in [2.05, 4.69) is 15.0 Å². The van der Waals surface area contributed by atoms with E-state index in [4.69, 9.17) is 49.9 Å². The number of phosphoric acid groups is 1. The highest BCUT2D eigenvalue weighted by atomic mass is 35.5. The summed E-state index contributed by atoms with van der Waals surface area (Å²) in [5, 5.41) is 0.480. The van der Waals surface area contributed by atoms with Crippen LogP contribution in [0.15, 0.2) is 30.6 Å². The number of ether oxygens (including phenoxy) is 4. The van der Waals surface area contributed by atoms with Crippen molar-refractivity contribution >= 4 is 42.7 Å². The third-order valence-corrected chi connectivity index (χ3v) is 8.52. The van der Waals surface area contributed by atoms with Crippen LogP contribution in [0.4, 0.5) is 10.7 Å². The van der Waals surface area contributed by atoms with Crippen molar-refractivity contribution < 1.29 is 41.9 Å². The lowest BCUT2D eigenvalue weighted by molar-refractivity contribution is -0.0925. The predicted octanol–water partition coefficient (Wildman–Crippen LogP) is 3.96. The lowest BCUT2D eigenvalue weighted by atomic mass is 9.96. The Morgan fingerprint density at radius 3 is 2.92 bits per heavy atom. The Kier molecular flexibility index (Phi) is 6.64. The number of fused-ring (bicyclic) bond motifs is 2. The summed E-state index contributed by atoms with van der Waals surface area (Å²) < 4.78 is 54.5. The number of nitrogens with zero attached hydrogens (tertiary/aromatic N) is 4. The molecule has 14 nitrogen and oxygen atoms in total. The van der Waals surface area contributed by atoms with E-state index in [1.54, 1.807) is 36.6 Å². The number of hydrogen-bond donors (Lipinski definition) is 1. The highest BCUT2D eigenvalue weighted by molar-refractivity contribution is 7.48. The van der Waals surface area contributed by atoms with Crippen molar-refractivity contribution in [3.05, 3.63) is 41.2 Å². The molecular weight excluding hydrogens is 557 g/mol. The maximum absolute atomic E-state index is 13.4. The molecule has 208 valence electrons. The first kappa shape index (κ1) is 26.2. The largest absolute Gasteiger partial charge is 0.509 e. The van der Waals surface area contributed by atoms with Crippen molar-refractivity contribution in [2.45, 2.75) is 50.4 Å². The summed E-state index contributed by atoms with van der Waals surface area (Å²) in [7, 11) is -4.01. The number of nitrogen functional groups attached to an aromatic ring is 1. The second-order valence-electron chi connectivity index (χ2n) is 9.23. The molecule has 5 heterocycles. The smallest absolute Gasteiger partial charge is 0.476 e. The van der Waals surface area contributed by atoms with Gasteiger partial charge in [0.15, 0.2) is 29.1 Å². The third kappa shape index (κ3) is 4.60. The van der Waals surface area contributed by atoms with Crippen LogP contribution in [0, 0.1) is 0 Å². The molecule has 0 aliphatic carbocycles. The van der Waals surface area contributed by atoms with Crippen LogP contribution in [0.3, 0.4) is 0 Å². The van der Waals surface area contributed by atoms with Crippen LogP contribution in [0.25, 0.3) is 11.2 Å². The molecule has 2 N–H and O–H groups in total. The molecule has 3 fully saturated rings. The topological polar surface area (TPSA) is 168 Å². The molecule has 3 saturated heterocycles. The number of nitrogens with two attached hydrogens (primary N) is 1. The van der Waals surface area contributed by atoms with Gasteiger partial charge in [0.1, 0.15) is 6.10 Å². The van der Waals surface area contributed by atoms with Gasteiger partial charge in [0, 0.05) is 17.0 Å². The monoisotopic (exact) mass is 581 g/mol. The Morgan fingerprint density at radius 2 is 2.13 bits per heavy atom. The van der Waals surface area contributed by atoms with E-state index in [0.29, 0.717) is 34.8 Å². The van der Waals surface area contributed by atoms with E-state index >= 15 is 0 Å². The lowest BCUT2D eigenvalue weighted by Crippen LogP contribution is -2.42. The minimum absolute atomic E-state index is 0.0373. The Balaban J connectivity index is 1.25. The standard InChI is InChI=1S/C23H25ClN5O9P/c1-3-32-19-16-18(27-21(25)28-19)29(11-26-16)20-23(2)17(36-22(30)37-23)15(35-20)10-34-39(31)33-9-8-14(38-39)12-6-4-5-7-13(12)24/h4-7,11,14-15,17,20H,3,8-10H2,1-2H3,(H2,25,27,28)/t14-,15-,17-,20-,23-,39+/m1/s1. The zero-order valence-electron chi connectivity index (χ0n) is 20.9. The van der Waals surface area contributed by atoms with E-state index < -0.39 is 44.1 Å². The van der Waals surface area contributed by atoms with Gasteiger partial charge in [-0.1, -0.05) is 29.8 Å². The summed E-state index contributed by atoms with van der Waals surface area (Å²) in [6.45, 7) is 3.62. The summed E-state index contributed by atoms with van der Waals surface area (Å²) in [4.78, 5) is 25.0. The van der Waals surface area contributed by atoms with Crippen molar-refractivity contribution in [3.8, 4) is 5.88 Å². The van der Waals surface area contributed by atoms with Gasteiger partial charge in [-0.15, -0.1) is 0 Å². The molecule has 6 rings (SSSR count). The van der Waals surface area contributed by atoms with E-state index in [0.717, 1.165) is 0 Å². The molecule has 0 spiro atoms. The summed E-state index contributed by atoms with van der Waals surface area (Å²) in [6.07, 6.45) is -2.37. The Bertz CT molecular complexity index is 1470. The lowest BCUT2D eigenvalue weighted by Gasteiger charge is -2.30. The Labute approximate surface area is 227 Å². The third-order valence-electron chi connectivity index (χ3n) is 6.70. The molecule has 16 heteroatoms. The van der Waals surface area contributed by atoms with Crippen LogP contribution >= 0.6 is 19.4 Å². The number of carbonyl (C=O) groups excluding carboxylic acids is 1. The first-order chi connectivity index (χ1) is 18.7. The van der Waals surface area contributed by atoms with Gasteiger partial charge in [0.2, 0.25) is 11.8 Å². The van der Waals surface area contributed by atoms with Crippen LogP contribution in [0.1, 0.15) is 38.2 Å². The maximum atomic E-state index is 13.4. The molecule has 3 aliphatic rings. The number of halogens is 1. The first-order valence-electron chi connectivity index (χ1n) is 12.2. The summed E-state index contributed by atoms with van der Waals surface area (Å²) >= 11 is 6.30. The second-order valence-corrected chi connectivity index (χ2v) is 11.3. The van der Waals surface area contributed by atoms with Crippen molar-refractivity contribution in [2.24, 2.45) is 0 Å². The molecule has 0 unspecified atom stereocenters. The van der Waals surface area contributed by atoms with Gasteiger partial charge in [-0.05, 0) is 19.9 Å². The van der Waals surface area contributed by atoms with Crippen LogP contribution in [-0.2, 0) is 32.3 Å². The van der Waals surface area contributed by atoms with E-state index in [-0.39, 0.29) is 25.0 Å². The van der Waals surface area contributed by atoms with Crippen molar-refractivity contribution in [1.29, 1.82) is 0 Å². The van der Waals surface area contributed by atoms with E-state index in [9.17, 15) is 9.36 Å². The van der Waals surface area contributed by atoms with Gasteiger partial charge in [-0.2, -0.15) is 9.97 Å². The molecule has 3 aromatic rings. The number of hydrogen-bond acceptors (Lipinski definition) is 13. The Hall–Kier alpha value is -3.00. The van der Waals surface area contributed by atoms with Crippen molar-refractivity contribution in [1.82, 2.24) is 19.5 Å². The molecule has 39 heavy (non-hydrogen) atoms. The number of imidazole rings is 1. The fourth-order valence-corrected chi connectivity index (χ4v) is 6.61. The zero-order chi connectivity index (χ0) is 27.4. The number of rotatable bonds is 7. The van der Waals surface area contributed by atoms with Gasteiger partial charge < -0.3 is 24.7 Å². The van der Waals surface area contributed by atoms with Crippen LogP contribution in [0.2, 0.25) is 5.02 Å². The molecule has 0 radical (unpaired) electrons. The fraction of sp³-hybridized carbons (Fsp3) is 0.478. The van der Waals surface area contributed by atoms with Crippen LogP contribution in [-0.4, -0.2) is 63.3 Å². The minimum Gasteiger partial charge on any atom is -0.476 e. The molecule has 2 aromatic heterocycles. The summed E-state index contributed by atoms with van der Waals surface area (Å²) in [6, 6.07) is 7.11. The molecule has 0 saturated carbocycles. The molecule has 6 atom stereocenters. The van der Waals surface area contributed by atoms with Gasteiger partial charge in [-0.3, -0.25) is 18.1 Å². The van der Waals surface area contributed by atoms with Crippen molar-refractivity contribution in [2.75, 3.05) is 25.6 Å². The molecule has 0 bridgehead atoms. The number of phosphoric ester groups is 1. The van der Waals surface area contributed by atoms with Gasteiger partial charge in [0.05, 0.1) is 32.3 Å². The highest BCUT2D eigenvalue weighted by Crippen LogP contribution is 2.58. The SMILES string of the molecule is CCOc1nc(N)nc2c1ncn2[C@@H]1O[C@H](CO[P@]2(=O)OCC[C@H](c3ccccc3Cl)O2)[C@H]2OC(=O)O[C@]21C. The molecule has 3 aliphatic heterocycles. The van der Waals surface area contributed by atoms with Gasteiger partial charge in [-0.25, -0.2) is 14.3 Å². The van der Waals surface area contributed by atoms with Gasteiger partial charge in [0.25, 0.3) is 0 Å². The van der Waals surface area contributed by atoms with E-state index in [1.165, 1.54) is 6.33 Å². The number of anilines is 1. The first-order valence-corrected chi connectivity index (χ1v) is 14.0. The fourth-order valence-electron chi connectivity index (χ4n) is 4.97. The highest BCUT2D eigenvalue weighted by Gasteiger charge is 2.64. The maximum Gasteiger partial charge on any atom is 0.509 e. The molecule has 1 aromatic carbocycles. The number of carbonyl (C=O) groups is 1. The second kappa shape index (κ2) is 9.88. The Morgan fingerprint density at radius 1 is 1.31 bits per heavy atom. The summed E-state index contributed by atoms with van der Waals surface area (Å²) in [5.74, 6) is 0.167. The number of aromatic nitrogens is 4. The minimum atomic E-state index is -4.01.